The second kappa shape index (κ2) is 8.30. The maximum Gasteiger partial charge on any atom is 0.251 e. The van der Waals surface area contributed by atoms with Crippen molar-refractivity contribution in [2.24, 2.45) is 0 Å². The van der Waals surface area contributed by atoms with E-state index in [1.54, 1.807) is 24.3 Å². The van der Waals surface area contributed by atoms with Crippen LogP contribution in [-0.4, -0.2) is 22.3 Å². The van der Waals surface area contributed by atoms with Crippen molar-refractivity contribution in [2.75, 3.05) is 5.32 Å². The Labute approximate surface area is 165 Å². The van der Waals surface area contributed by atoms with E-state index in [1.165, 1.54) is 10.9 Å². The highest BCUT2D eigenvalue weighted by Gasteiger charge is 2.15. The molecule has 0 aliphatic heterocycles. The zero-order valence-corrected chi connectivity index (χ0v) is 16.6. The molecule has 0 bridgehead atoms. The van der Waals surface area contributed by atoms with Gasteiger partial charge in [-0.15, -0.1) is 0 Å². The fourth-order valence-corrected chi connectivity index (χ4v) is 3.12. The molecule has 0 aliphatic rings. The summed E-state index contributed by atoms with van der Waals surface area (Å²) in [6, 6.07) is 15.1. The first-order valence-electron chi connectivity index (χ1n) is 9.59. The minimum Gasteiger partial charge on any atom is -0.361 e. The third-order valence-corrected chi connectivity index (χ3v) is 4.44. The fraction of sp³-hybridized carbons (Fsp3) is 0.304. The summed E-state index contributed by atoms with van der Waals surface area (Å²) in [5.41, 5.74) is 3.35. The minimum atomic E-state index is -0.283. The van der Waals surface area contributed by atoms with Crippen LogP contribution in [0.15, 0.2) is 54.7 Å². The number of benzene rings is 2. The molecule has 0 fully saturated rings. The highest BCUT2D eigenvalue weighted by molar-refractivity contribution is 5.96. The SMILES string of the molecule is CC(C)(C)NC(=O)c1ccc(NC(=O)CCCc2c[nH]c3ccccc23)cc1. The monoisotopic (exact) mass is 377 g/mol. The standard InChI is InChI=1S/C23H27N3O2/c1-23(2,3)26-22(28)16-11-13-18(14-12-16)25-21(27)10-6-7-17-15-24-20-9-5-4-8-19(17)20/h4-5,8-9,11-15,24H,6-7,10H2,1-3H3,(H,25,27)(H,26,28). The van der Waals surface area contributed by atoms with Gasteiger partial charge in [0.2, 0.25) is 5.91 Å². The molecule has 28 heavy (non-hydrogen) atoms. The number of aryl methyl sites for hydroxylation is 1. The third-order valence-electron chi connectivity index (χ3n) is 4.44. The van der Waals surface area contributed by atoms with Crippen LogP contribution in [-0.2, 0) is 11.2 Å². The van der Waals surface area contributed by atoms with E-state index in [9.17, 15) is 9.59 Å². The van der Waals surface area contributed by atoms with E-state index in [0.717, 1.165) is 18.4 Å². The zero-order chi connectivity index (χ0) is 20.1. The number of rotatable bonds is 6. The van der Waals surface area contributed by atoms with Crippen LogP contribution in [0.1, 0.15) is 49.5 Å². The number of H-pyrrole nitrogens is 1. The van der Waals surface area contributed by atoms with Crippen molar-refractivity contribution in [3.8, 4) is 0 Å². The number of amides is 2. The zero-order valence-electron chi connectivity index (χ0n) is 16.6. The van der Waals surface area contributed by atoms with Crippen molar-refractivity contribution >= 4 is 28.4 Å². The van der Waals surface area contributed by atoms with Gasteiger partial charge in [0.1, 0.15) is 0 Å². The highest BCUT2D eigenvalue weighted by atomic mass is 16.2. The van der Waals surface area contributed by atoms with Crippen LogP contribution < -0.4 is 10.6 Å². The third kappa shape index (κ3) is 5.22. The predicted octanol–water partition coefficient (Wildman–Crippen LogP) is 4.66. The minimum absolute atomic E-state index is 0.0215. The second-order valence-corrected chi connectivity index (χ2v) is 8.04. The Balaban J connectivity index is 1.49. The number of hydrogen-bond acceptors (Lipinski definition) is 2. The van der Waals surface area contributed by atoms with Gasteiger partial charge < -0.3 is 15.6 Å². The maximum atomic E-state index is 12.2. The molecule has 0 unspecified atom stereocenters. The average Bonchev–Trinajstić information content (AvgIpc) is 3.04. The maximum absolute atomic E-state index is 12.2. The van der Waals surface area contributed by atoms with E-state index in [1.807, 2.05) is 39.1 Å². The molecule has 5 nitrogen and oxygen atoms in total. The van der Waals surface area contributed by atoms with Gasteiger partial charge in [-0.25, -0.2) is 0 Å². The van der Waals surface area contributed by atoms with Crippen molar-refractivity contribution in [1.29, 1.82) is 0 Å². The van der Waals surface area contributed by atoms with Crippen molar-refractivity contribution < 1.29 is 9.59 Å². The lowest BCUT2D eigenvalue weighted by Gasteiger charge is -2.20. The smallest absolute Gasteiger partial charge is 0.251 e. The lowest BCUT2D eigenvalue weighted by atomic mass is 10.1. The van der Waals surface area contributed by atoms with Gasteiger partial charge in [0.25, 0.3) is 5.91 Å². The molecule has 1 aromatic heterocycles. The Morgan fingerprint density at radius 3 is 2.43 bits per heavy atom. The molecule has 0 saturated carbocycles. The molecule has 3 N–H and O–H groups in total. The number of aromatic amines is 1. The van der Waals surface area contributed by atoms with Crippen molar-refractivity contribution in [3.63, 3.8) is 0 Å². The lowest BCUT2D eigenvalue weighted by Crippen LogP contribution is -2.40. The lowest BCUT2D eigenvalue weighted by molar-refractivity contribution is -0.116. The largest absolute Gasteiger partial charge is 0.361 e. The molecular weight excluding hydrogens is 350 g/mol. The van der Waals surface area contributed by atoms with Crippen molar-refractivity contribution in [1.82, 2.24) is 10.3 Å². The van der Waals surface area contributed by atoms with Gasteiger partial charge in [0.15, 0.2) is 0 Å². The van der Waals surface area contributed by atoms with E-state index >= 15 is 0 Å². The molecule has 3 aromatic rings. The van der Waals surface area contributed by atoms with Gasteiger partial charge in [-0.2, -0.15) is 0 Å². The van der Waals surface area contributed by atoms with Crippen molar-refractivity contribution in [2.45, 2.75) is 45.6 Å². The van der Waals surface area contributed by atoms with Gasteiger partial charge >= 0.3 is 0 Å². The van der Waals surface area contributed by atoms with Crippen molar-refractivity contribution in [3.05, 3.63) is 65.9 Å². The summed E-state index contributed by atoms with van der Waals surface area (Å²) >= 11 is 0. The van der Waals surface area contributed by atoms with Gasteiger partial charge in [-0.05, 0) is 69.5 Å². The summed E-state index contributed by atoms with van der Waals surface area (Å²) in [5.74, 6) is -0.143. The van der Waals surface area contributed by atoms with E-state index < -0.39 is 0 Å². The molecule has 0 saturated heterocycles. The quantitative estimate of drug-likeness (QED) is 0.584. The van der Waals surface area contributed by atoms with Crippen LogP contribution in [0.2, 0.25) is 0 Å². The summed E-state index contributed by atoms with van der Waals surface area (Å²) in [7, 11) is 0. The van der Waals surface area contributed by atoms with E-state index in [4.69, 9.17) is 0 Å². The number of fused-ring (bicyclic) bond motifs is 1. The molecule has 1 heterocycles. The molecule has 3 rings (SSSR count). The molecule has 0 spiro atoms. The molecule has 0 radical (unpaired) electrons. The first-order chi connectivity index (χ1) is 13.3. The normalized spacial score (nSPS) is 11.4. The highest BCUT2D eigenvalue weighted by Crippen LogP contribution is 2.19. The van der Waals surface area contributed by atoms with E-state index in [2.05, 4.69) is 27.8 Å². The van der Waals surface area contributed by atoms with E-state index in [0.29, 0.717) is 17.7 Å². The number of carbonyl (C=O) groups excluding carboxylic acids is 2. The topological polar surface area (TPSA) is 74.0 Å². The Hall–Kier alpha value is -3.08. The summed E-state index contributed by atoms with van der Waals surface area (Å²) in [6.07, 6.45) is 4.10. The molecular formula is C23H27N3O2. The summed E-state index contributed by atoms with van der Waals surface area (Å²) in [4.78, 5) is 27.6. The second-order valence-electron chi connectivity index (χ2n) is 8.04. The first-order valence-corrected chi connectivity index (χ1v) is 9.59. The van der Waals surface area contributed by atoms with E-state index in [-0.39, 0.29) is 17.4 Å². The number of aromatic nitrogens is 1. The van der Waals surface area contributed by atoms with Crippen LogP contribution >= 0.6 is 0 Å². The Morgan fingerprint density at radius 1 is 1.00 bits per heavy atom. The van der Waals surface area contributed by atoms with Gasteiger partial charge in [-0.1, -0.05) is 18.2 Å². The average molecular weight is 377 g/mol. The Kier molecular flexibility index (Phi) is 5.83. The fourth-order valence-electron chi connectivity index (χ4n) is 3.12. The Morgan fingerprint density at radius 2 is 1.71 bits per heavy atom. The molecule has 2 amide bonds. The number of hydrogen-bond donors (Lipinski definition) is 3. The predicted molar refractivity (Wildman–Crippen MR) is 114 cm³/mol. The summed E-state index contributed by atoms with van der Waals surface area (Å²) in [6.45, 7) is 5.82. The van der Waals surface area contributed by atoms with Crippen LogP contribution in [0.25, 0.3) is 10.9 Å². The number of carbonyl (C=O) groups is 2. The van der Waals surface area contributed by atoms with Crippen LogP contribution in [0.5, 0.6) is 0 Å². The number of para-hydroxylation sites is 1. The van der Waals surface area contributed by atoms with Gasteiger partial charge in [0.05, 0.1) is 0 Å². The molecule has 5 heteroatoms. The van der Waals surface area contributed by atoms with Gasteiger partial charge in [-0.3, -0.25) is 9.59 Å². The summed E-state index contributed by atoms with van der Waals surface area (Å²) < 4.78 is 0. The number of nitrogens with one attached hydrogen (secondary N) is 3. The summed E-state index contributed by atoms with van der Waals surface area (Å²) in [5, 5.41) is 7.03. The number of anilines is 1. The van der Waals surface area contributed by atoms with Crippen LogP contribution in [0, 0.1) is 0 Å². The van der Waals surface area contributed by atoms with Crippen LogP contribution in [0.4, 0.5) is 5.69 Å². The Bertz CT molecular complexity index is 965. The molecule has 0 atom stereocenters. The first kappa shape index (κ1) is 19.7. The molecule has 146 valence electrons. The molecule has 0 aliphatic carbocycles. The van der Waals surface area contributed by atoms with Gasteiger partial charge in [0, 0.05) is 40.3 Å². The molecule has 2 aromatic carbocycles. The van der Waals surface area contributed by atoms with Crippen LogP contribution in [0.3, 0.4) is 0 Å².